The number of Topliss-reactive ketones (excluding diaryl/α,β-unsaturated/α-hetero) is 1. The first-order chi connectivity index (χ1) is 16.3. The fourth-order valence-corrected chi connectivity index (χ4v) is 4.59. The van der Waals surface area contributed by atoms with Crippen LogP contribution >= 0.6 is 11.3 Å². The molecule has 0 spiro atoms. The first kappa shape index (κ1) is 23.4. The topological polar surface area (TPSA) is 83.9 Å². The standard InChI is InChI=1S/C27H25NO5S/c1-16(2)15-33-27(32)19-10-12-20(13-11-19)28-23(21-5-4-14-34-21)22(25(30)26(28)31)24(29)18-8-6-17(3)7-9-18/h4-14,16,23,29H,15H2,1-3H3/b24-22-. The van der Waals surface area contributed by atoms with Crippen molar-refractivity contribution in [2.75, 3.05) is 11.5 Å². The number of ether oxygens (including phenoxy) is 1. The van der Waals surface area contributed by atoms with Gasteiger partial charge in [-0.25, -0.2) is 4.79 Å². The molecular formula is C27H25NO5S. The lowest BCUT2D eigenvalue weighted by Crippen LogP contribution is -2.29. The number of nitrogens with zero attached hydrogens (tertiary/aromatic N) is 1. The van der Waals surface area contributed by atoms with Crippen LogP contribution in [0.15, 0.2) is 71.6 Å². The van der Waals surface area contributed by atoms with Gasteiger partial charge in [0.05, 0.1) is 17.7 Å². The summed E-state index contributed by atoms with van der Waals surface area (Å²) < 4.78 is 5.27. The molecule has 1 saturated heterocycles. The fraction of sp³-hybridized carbons (Fsp3) is 0.222. The van der Waals surface area contributed by atoms with Crippen LogP contribution in [-0.4, -0.2) is 29.4 Å². The average Bonchev–Trinajstić information content (AvgIpc) is 3.44. The number of aliphatic hydroxyl groups is 1. The summed E-state index contributed by atoms with van der Waals surface area (Å²) in [5.41, 5.74) is 2.32. The third kappa shape index (κ3) is 4.52. The number of hydrogen-bond acceptors (Lipinski definition) is 6. The summed E-state index contributed by atoms with van der Waals surface area (Å²) >= 11 is 1.39. The predicted molar refractivity (Wildman–Crippen MR) is 132 cm³/mol. The molecule has 2 aromatic carbocycles. The number of thiophene rings is 1. The third-order valence-electron chi connectivity index (χ3n) is 5.51. The minimum Gasteiger partial charge on any atom is -0.507 e. The number of aliphatic hydroxyl groups excluding tert-OH is 1. The van der Waals surface area contributed by atoms with Crippen molar-refractivity contribution in [2.45, 2.75) is 26.8 Å². The Balaban J connectivity index is 1.74. The van der Waals surface area contributed by atoms with Gasteiger partial charge in [-0.15, -0.1) is 11.3 Å². The molecule has 1 aromatic heterocycles. The highest BCUT2D eigenvalue weighted by molar-refractivity contribution is 7.10. The van der Waals surface area contributed by atoms with Crippen LogP contribution in [0.5, 0.6) is 0 Å². The van der Waals surface area contributed by atoms with Gasteiger partial charge in [0.15, 0.2) is 0 Å². The number of hydrogen-bond donors (Lipinski definition) is 1. The largest absolute Gasteiger partial charge is 0.507 e. The monoisotopic (exact) mass is 475 g/mol. The summed E-state index contributed by atoms with van der Waals surface area (Å²) in [5.74, 6) is -1.93. The summed E-state index contributed by atoms with van der Waals surface area (Å²) in [6.45, 7) is 6.14. The lowest BCUT2D eigenvalue weighted by molar-refractivity contribution is -0.132. The van der Waals surface area contributed by atoms with E-state index in [1.165, 1.54) is 16.2 Å². The minimum absolute atomic E-state index is 0.0386. The Labute approximate surface area is 202 Å². The quantitative estimate of drug-likeness (QED) is 0.220. The summed E-state index contributed by atoms with van der Waals surface area (Å²) in [6.07, 6.45) is 0. The number of esters is 1. The molecule has 7 heteroatoms. The van der Waals surface area contributed by atoms with Crippen LogP contribution in [-0.2, 0) is 14.3 Å². The van der Waals surface area contributed by atoms with Gasteiger partial charge in [0.2, 0.25) is 0 Å². The Morgan fingerprint density at radius 3 is 2.26 bits per heavy atom. The number of rotatable bonds is 6. The smallest absolute Gasteiger partial charge is 0.338 e. The molecule has 1 aliphatic rings. The molecule has 34 heavy (non-hydrogen) atoms. The number of anilines is 1. The number of carbonyl (C=O) groups excluding carboxylic acids is 3. The lowest BCUT2D eigenvalue weighted by atomic mass is 9.99. The maximum atomic E-state index is 13.2. The third-order valence-corrected chi connectivity index (χ3v) is 6.44. The molecule has 1 unspecified atom stereocenters. The van der Waals surface area contributed by atoms with E-state index in [1.807, 2.05) is 50.4 Å². The van der Waals surface area contributed by atoms with E-state index in [9.17, 15) is 19.5 Å². The molecule has 0 saturated carbocycles. The van der Waals surface area contributed by atoms with Gasteiger partial charge in [-0.2, -0.15) is 0 Å². The van der Waals surface area contributed by atoms with Crippen LogP contribution in [0.2, 0.25) is 0 Å². The Morgan fingerprint density at radius 1 is 1.03 bits per heavy atom. The first-order valence-electron chi connectivity index (χ1n) is 11.0. The summed E-state index contributed by atoms with van der Waals surface area (Å²) in [5, 5.41) is 12.9. The molecule has 1 atom stereocenters. The molecule has 3 aromatic rings. The Kier molecular flexibility index (Phi) is 6.65. The summed E-state index contributed by atoms with van der Waals surface area (Å²) in [4.78, 5) is 40.7. The highest BCUT2D eigenvalue weighted by Crippen LogP contribution is 2.43. The Hall–Kier alpha value is -3.71. The zero-order valence-corrected chi connectivity index (χ0v) is 20.0. The van der Waals surface area contributed by atoms with Crippen LogP contribution in [0.1, 0.15) is 46.3 Å². The fourth-order valence-electron chi connectivity index (χ4n) is 3.77. The maximum absolute atomic E-state index is 13.2. The number of aryl methyl sites for hydroxylation is 1. The van der Waals surface area contributed by atoms with Crippen molar-refractivity contribution in [3.05, 3.63) is 93.2 Å². The second kappa shape index (κ2) is 9.65. The molecule has 6 nitrogen and oxygen atoms in total. The van der Waals surface area contributed by atoms with Crippen LogP contribution < -0.4 is 4.90 Å². The van der Waals surface area contributed by atoms with E-state index in [-0.39, 0.29) is 17.3 Å². The highest BCUT2D eigenvalue weighted by atomic mass is 32.1. The SMILES string of the molecule is Cc1ccc(/C(O)=C2/C(=O)C(=O)N(c3ccc(C(=O)OCC(C)C)cc3)C2c2cccs2)cc1. The van der Waals surface area contributed by atoms with Crippen molar-refractivity contribution in [3.8, 4) is 0 Å². The van der Waals surface area contributed by atoms with Crippen molar-refractivity contribution in [1.82, 2.24) is 0 Å². The molecule has 1 N–H and O–H groups in total. The summed E-state index contributed by atoms with van der Waals surface area (Å²) in [6, 6.07) is 16.4. The number of carbonyl (C=O) groups is 3. The van der Waals surface area contributed by atoms with Gasteiger partial charge in [-0.1, -0.05) is 49.7 Å². The molecule has 4 rings (SSSR count). The second-order valence-electron chi connectivity index (χ2n) is 8.59. The van der Waals surface area contributed by atoms with Crippen LogP contribution in [0, 0.1) is 12.8 Å². The molecule has 2 heterocycles. The normalized spacial score (nSPS) is 17.4. The number of ketones is 1. The van der Waals surface area contributed by atoms with Gasteiger partial charge in [0.25, 0.3) is 11.7 Å². The predicted octanol–water partition coefficient (Wildman–Crippen LogP) is 5.50. The molecule has 0 aliphatic carbocycles. The van der Waals surface area contributed by atoms with Gasteiger partial charge < -0.3 is 9.84 Å². The second-order valence-corrected chi connectivity index (χ2v) is 9.57. The first-order valence-corrected chi connectivity index (χ1v) is 11.8. The van der Waals surface area contributed by atoms with Gasteiger partial charge >= 0.3 is 5.97 Å². The van der Waals surface area contributed by atoms with Gasteiger partial charge in [0.1, 0.15) is 11.8 Å². The number of benzene rings is 2. The summed E-state index contributed by atoms with van der Waals surface area (Å²) in [7, 11) is 0. The molecule has 174 valence electrons. The highest BCUT2D eigenvalue weighted by Gasteiger charge is 2.47. The molecule has 1 amide bonds. The van der Waals surface area contributed by atoms with Crippen molar-refractivity contribution < 1.29 is 24.2 Å². The molecule has 1 aliphatic heterocycles. The van der Waals surface area contributed by atoms with E-state index in [0.717, 1.165) is 10.4 Å². The van der Waals surface area contributed by atoms with E-state index in [1.54, 1.807) is 36.4 Å². The molecule has 1 fully saturated rings. The van der Waals surface area contributed by atoms with Gasteiger partial charge in [-0.05, 0) is 48.6 Å². The molecule has 0 bridgehead atoms. The minimum atomic E-state index is -0.778. The van der Waals surface area contributed by atoms with E-state index in [4.69, 9.17) is 4.74 Å². The zero-order chi connectivity index (χ0) is 24.4. The van der Waals surface area contributed by atoms with Crippen molar-refractivity contribution in [3.63, 3.8) is 0 Å². The lowest BCUT2D eigenvalue weighted by Gasteiger charge is -2.24. The van der Waals surface area contributed by atoms with Crippen LogP contribution in [0.25, 0.3) is 5.76 Å². The maximum Gasteiger partial charge on any atom is 0.338 e. The Morgan fingerprint density at radius 2 is 1.68 bits per heavy atom. The molecular weight excluding hydrogens is 450 g/mol. The van der Waals surface area contributed by atoms with Gasteiger partial charge in [0, 0.05) is 16.1 Å². The number of amides is 1. The van der Waals surface area contributed by atoms with E-state index in [2.05, 4.69) is 0 Å². The molecule has 0 radical (unpaired) electrons. The zero-order valence-electron chi connectivity index (χ0n) is 19.1. The van der Waals surface area contributed by atoms with Crippen LogP contribution in [0.4, 0.5) is 5.69 Å². The van der Waals surface area contributed by atoms with Gasteiger partial charge in [-0.3, -0.25) is 14.5 Å². The van der Waals surface area contributed by atoms with Crippen LogP contribution in [0.3, 0.4) is 0 Å². The average molecular weight is 476 g/mol. The van der Waals surface area contributed by atoms with E-state index in [0.29, 0.717) is 23.4 Å². The van der Waals surface area contributed by atoms with E-state index >= 15 is 0 Å². The van der Waals surface area contributed by atoms with Crippen molar-refractivity contribution in [1.29, 1.82) is 0 Å². The van der Waals surface area contributed by atoms with Crippen molar-refractivity contribution >= 4 is 40.4 Å². The van der Waals surface area contributed by atoms with Crippen molar-refractivity contribution in [2.24, 2.45) is 5.92 Å². The van der Waals surface area contributed by atoms with E-state index < -0.39 is 23.7 Å². The Bertz CT molecular complexity index is 1240.